The van der Waals surface area contributed by atoms with Gasteiger partial charge in [-0.15, -0.1) is 0 Å². The summed E-state index contributed by atoms with van der Waals surface area (Å²) >= 11 is 5.96. The second-order valence-electron chi connectivity index (χ2n) is 5.77. The standard InChI is InChI=1S/C15H23ClN2/c1-10(2)13-6-4-5-7-14(13)18-12-8-11(3)15(16)17-9-12/h8-10,13-14,18H,4-7H2,1-3H3. The number of nitrogens with zero attached hydrogens (tertiary/aromatic N) is 1. The predicted octanol–water partition coefficient (Wildman–Crippen LogP) is 4.67. The molecule has 100 valence electrons. The van der Waals surface area contributed by atoms with E-state index in [0.29, 0.717) is 11.2 Å². The van der Waals surface area contributed by atoms with Gasteiger partial charge in [-0.2, -0.15) is 0 Å². The Labute approximate surface area is 115 Å². The van der Waals surface area contributed by atoms with Gasteiger partial charge in [-0.05, 0) is 43.2 Å². The number of nitrogens with one attached hydrogen (secondary N) is 1. The van der Waals surface area contributed by atoms with Gasteiger partial charge in [0.15, 0.2) is 0 Å². The van der Waals surface area contributed by atoms with Crippen LogP contribution < -0.4 is 5.32 Å². The Morgan fingerprint density at radius 1 is 1.33 bits per heavy atom. The zero-order valence-electron chi connectivity index (χ0n) is 11.5. The molecule has 2 unspecified atom stereocenters. The molecule has 0 spiro atoms. The van der Waals surface area contributed by atoms with Crippen molar-refractivity contribution in [3.05, 3.63) is 23.0 Å². The van der Waals surface area contributed by atoms with Crippen LogP contribution in [0.5, 0.6) is 0 Å². The average Bonchev–Trinajstić information content (AvgIpc) is 2.34. The minimum absolute atomic E-state index is 0.584. The van der Waals surface area contributed by atoms with E-state index in [0.717, 1.165) is 23.1 Å². The van der Waals surface area contributed by atoms with Crippen molar-refractivity contribution < 1.29 is 0 Å². The molecule has 2 atom stereocenters. The lowest BCUT2D eigenvalue weighted by Crippen LogP contribution is -2.35. The van der Waals surface area contributed by atoms with E-state index in [4.69, 9.17) is 11.6 Å². The number of pyridine rings is 1. The maximum atomic E-state index is 5.96. The number of halogens is 1. The third-order valence-electron chi connectivity index (χ3n) is 4.04. The van der Waals surface area contributed by atoms with Crippen molar-refractivity contribution in [2.45, 2.75) is 52.5 Å². The first kappa shape index (κ1) is 13.7. The van der Waals surface area contributed by atoms with Crippen LogP contribution in [0.2, 0.25) is 5.15 Å². The van der Waals surface area contributed by atoms with Gasteiger partial charge < -0.3 is 5.32 Å². The van der Waals surface area contributed by atoms with Gasteiger partial charge in [-0.25, -0.2) is 4.98 Å². The summed E-state index contributed by atoms with van der Waals surface area (Å²) in [5.74, 6) is 1.51. The minimum atomic E-state index is 0.584. The highest BCUT2D eigenvalue weighted by Gasteiger charge is 2.27. The van der Waals surface area contributed by atoms with Crippen LogP contribution in [-0.2, 0) is 0 Å². The highest BCUT2D eigenvalue weighted by molar-refractivity contribution is 6.30. The molecule has 0 bridgehead atoms. The van der Waals surface area contributed by atoms with Gasteiger partial charge in [0.25, 0.3) is 0 Å². The molecule has 0 aliphatic heterocycles. The lowest BCUT2D eigenvalue weighted by Gasteiger charge is -2.35. The number of anilines is 1. The van der Waals surface area contributed by atoms with Crippen LogP contribution in [0, 0.1) is 18.8 Å². The first-order valence-electron chi connectivity index (χ1n) is 6.96. The quantitative estimate of drug-likeness (QED) is 0.804. The Balaban J connectivity index is 2.08. The van der Waals surface area contributed by atoms with E-state index in [-0.39, 0.29) is 0 Å². The first-order valence-corrected chi connectivity index (χ1v) is 7.34. The van der Waals surface area contributed by atoms with Gasteiger partial charge >= 0.3 is 0 Å². The maximum Gasteiger partial charge on any atom is 0.132 e. The Kier molecular flexibility index (Phi) is 4.50. The van der Waals surface area contributed by atoms with Crippen LogP contribution in [0.15, 0.2) is 12.3 Å². The molecule has 0 amide bonds. The molecule has 0 radical (unpaired) electrons. The van der Waals surface area contributed by atoms with Crippen molar-refractivity contribution in [3.8, 4) is 0 Å². The third-order valence-corrected chi connectivity index (χ3v) is 4.44. The van der Waals surface area contributed by atoms with Crippen LogP contribution in [0.3, 0.4) is 0 Å². The van der Waals surface area contributed by atoms with E-state index in [1.807, 2.05) is 13.1 Å². The normalized spacial score (nSPS) is 24.3. The monoisotopic (exact) mass is 266 g/mol. The Bertz CT molecular complexity index is 403. The number of hydrogen-bond acceptors (Lipinski definition) is 2. The highest BCUT2D eigenvalue weighted by atomic mass is 35.5. The fourth-order valence-corrected chi connectivity index (χ4v) is 3.09. The minimum Gasteiger partial charge on any atom is -0.381 e. The van der Waals surface area contributed by atoms with Crippen LogP contribution in [0.25, 0.3) is 0 Å². The van der Waals surface area contributed by atoms with Crippen molar-refractivity contribution in [1.29, 1.82) is 0 Å². The van der Waals surface area contributed by atoms with E-state index in [9.17, 15) is 0 Å². The summed E-state index contributed by atoms with van der Waals surface area (Å²) in [7, 11) is 0. The summed E-state index contributed by atoms with van der Waals surface area (Å²) in [5.41, 5.74) is 2.15. The molecule has 18 heavy (non-hydrogen) atoms. The lowest BCUT2D eigenvalue weighted by atomic mass is 9.78. The van der Waals surface area contributed by atoms with Crippen molar-refractivity contribution in [2.75, 3.05) is 5.32 Å². The molecule has 2 rings (SSSR count). The number of aromatic nitrogens is 1. The van der Waals surface area contributed by atoms with Gasteiger partial charge in [-0.1, -0.05) is 38.3 Å². The Morgan fingerprint density at radius 2 is 2.06 bits per heavy atom. The second kappa shape index (κ2) is 5.92. The van der Waals surface area contributed by atoms with Crippen molar-refractivity contribution in [3.63, 3.8) is 0 Å². The van der Waals surface area contributed by atoms with Crippen molar-refractivity contribution in [2.24, 2.45) is 11.8 Å². The summed E-state index contributed by atoms with van der Waals surface area (Å²) in [6.07, 6.45) is 7.17. The molecule has 1 heterocycles. The summed E-state index contributed by atoms with van der Waals surface area (Å²) < 4.78 is 0. The lowest BCUT2D eigenvalue weighted by molar-refractivity contribution is 0.254. The topological polar surface area (TPSA) is 24.9 Å². The smallest absolute Gasteiger partial charge is 0.132 e. The van der Waals surface area contributed by atoms with Crippen LogP contribution in [0.1, 0.15) is 45.1 Å². The van der Waals surface area contributed by atoms with Gasteiger partial charge in [0.1, 0.15) is 5.15 Å². The van der Waals surface area contributed by atoms with E-state index in [2.05, 4.69) is 30.2 Å². The number of aryl methyl sites for hydroxylation is 1. The average molecular weight is 267 g/mol. The predicted molar refractivity (Wildman–Crippen MR) is 78.2 cm³/mol. The number of rotatable bonds is 3. The van der Waals surface area contributed by atoms with Gasteiger partial charge in [0, 0.05) is 6.04 Å². The largest absolute Gasteiger partial charge is 0.381 e. The summed E-state index contributed by atoms with van der Waals surface area (Å²) in [6, 6.07) is 2.68. The van der Waals surface area contributed by atoms with Gasteiger partial charge in [0.2, 0.25) is 0 Å². The van der Waals surface area contributed by atoms with Crippen LogP contribution in [-0.4, -0.2) is 11.0 Å². The molecule has 0 saturated heterocycles. The summed E-state index contributed by atoms with van der Waals surface area (Å²) in [5, 5.41) is 4.26. The van der Waals surface area contributed by atoms with Gasteiger partial charge in [-0.3, -0.25) is 0 Å². The fourth-order valence-electron chi connectivity index (χ4n) is 2.99. The zero-order chi connectivity index (χ0) is 13.1. The van der Waals surface area contributed by atoms with E-state index >= 15 is 0 Å². The van der Waals surface area contributed by atoms with E-state index in [1.165, 1.54) is 25.7 Å². The Hall–Kier alpha value is -0.760. The van der Waals surface area contributed by atoms with Crippen LogP contribution >= 0.6 is 11.6 Å². The van der Waals surface area contributed by atoms with E-state index < -0.39 is 0 Å². The van der Waals surface area contributed by atoms with Gasteiger partial charge in [0.05, 0.1) is 11.9 Å². The molecule has 1 aliphatic rings. The second-order valence-corrected chi connectivity index (χ2v) is 6.13. The number of hydrogen-bond donors (Lipinski definition) is 1. The zero-order valence-corrected chi connectivity index (χ0v) is 12.3. The SMILES string of the molecule is Cc1cc(NC2CCCCC2C(C)C)cnc1Cl. The van der Waals surface area contributed by atoms with Crippen molar-refractivity contribution in [1.82, 2.24) is 4.98 Å². The molecule has 1 aromatic rings. The summed E-state index contributed by atoms with van der Waals surface area (Å²) in [4.78, 5) is 4.22. The molecule has 1 aromatic heterocycles. The molecule has 1 aliphatic carbocycles. The molecular weight excluding hydrogens is 244 g/mol. The molecule has 1 saturated carbocycles. The molecule has 1 fully saturated rings. The summed E-state index contributed by atoms with van der Waals surface area (Å²) in [6.45, 7) is 6.66. The third kappa shape index (κ3) is 3.17. The molecular formula is C15H23ClN2. The van der Waals surface area contributed by atoms with E-state index in [1.54, 1.807) is 0 Å². The molecule has 0 aromatic carbocycles. The first-order chi connectivity index (χ1) is 8.58. The van der Waals surface area contributed by atoms with Crippen LogP contribution in [0.4, 0.5) is 5.69 Å². The molecule has 1 N–H and O–H groups in total. The fraction of sp³-hybridized carbons (Fsp3) is 0.667. The maximum absolute atomic E-state index is 5.96. The molecule has 3 heteroatoms. The highest BCUT2D eigenvalue weighted by Crippen LogP contribution is 2.32. The molecule has 2 nitrogen and oxygen atoms in total. The Morgan fingerprint density at radius 3 is 2.72 bits per heavy atom. The van der Waals surface area contributed by atoms with Crippen molar-refractivity contribution >= 4 is 17.3 Å².